The number of fused-ring (bicyclic) bond motifs is 5. The summed E-state index contributed by atoms with van der Waals surface area (Å²) in [5.41, 5.74) is -1.55. The third-order valence-electron chi connectivity index (χ3n) is 7.85. The van der Waals surface area contributed by atoms with E-state index in [1.54, 1.807) is 16.4 Å². The molecule has 2 bridgehead atoms. The SMILES string of the molecule is CCCCOc1c2n(cc(C(=O)NCc3ccc(F)cc3F)c1=O)[C@@H]1CN(C2=O)[C@@H](C)CCC12CN=C(C)O2. The number of unbranched alkanes of at least 4 members (excludes halogenated alkanes) is 1. The molecule has 1 aromatic carbocycles. The van der Waals surface area contributed by atoms with Gasteiger partial charge in [-0.05, 0) is 32.3 Å². The van der Waals surface area contributed by atoms with Crippen LogP contribution in [0, 0.1) is 11.6 Å². The number of nitrogens with one attached hydrogen (secondary N) is 1. The molecule has 39 heavy (non-hydrogen) atoms. The Bertz CT molecular complexity index is 1410. The first kappa shape index (κ1) is 26.8. The summed E-state index contributed by atoms with van der Waals surface area (Å²) in [6, 6.07) is 2.53. The monoisotopic (exact) mass is 542 g/mol. The van der Waals surface area contributed by atoms with Crippen molar-refractivity contribution in [2.45, 2.75) is 70.7 Å². The van der Waals surface area contributed by atoms with Crippen LogP contribution in [0.25, 0.3) is 0 Å². The van der Waals surface area contributed by atoms with Crippen LogP contribution < -0.4 is 15.5 Å². The van der Waals surface area contributed by atoms with Crippen LogP contribution >= 0.6 is 0 Å². The number of hydrogen-bond donors (Lipinski definition) is 1. The molecular formula is C28H32F2N4O5. The van der Waals surface area contributed by atoms with E-state index in [4.69, 9.17) is 9.47 Å². The number of ether oxygens (including phenoxy) is 2. The van der Waals surface area contributed by atoms with Crippen molar-refractivity contribution >= 4 is 17.7 Å². The van der Waals surface area contributed by atoms with Crippen molar-refractivity contribution in [3.8, 4) is 5.75 Å². The molecule has 4 heterocycles. The molecule has 0 aliphatic carbocycles. The Kier molecular flexibility index (Phi) is 7.17. The highest BCUT2D eigenvalue weighted by atomic mass is 19.1. The van der Waals surface area contributed by atoms with Crippen LogP contribution in [0.1, 0.15) is 78.9 Å². The van der Waals surface area contributed by atoms with E-state index in [9.17, 15) is 23.2 Å². The number of amides is 2. The van der Waals surface area contributed by atoms with Crippen molar-refractivity contribution in [2.75, 3.05) is 19.7 Å². The molecule has 3 aliphatic heterocycles. The highest BCUT2D eigenvalue weighted by Crippen LogP contribution is 2.44. The van der Waals surface area contributed by atoms with E-state index in [-0.39, 0.29) is 47.7 Å². The second kappa shape index (κ2) is 10.4. The van der Waals surface area contributed by atoms with Gasteiger partial charge in [0.05, 0.1) is 19.2 Å². The van der Waals surface area contributed by atoms with Gasteiger partial charge in [0, 0.05) is 43.9 Å². The average Bonchev–Trinajstić information content (AvgIpc) is 3.23. The maximum atomic E-state index is 14.2. The second-order valence-corrected chi connectivity index (χ2v) is 10.4. The highest BCUT2D eigenvalue weighted by Gasteiger charge is 2.53. The summed E-state index contributed by atoms with van der Waals surface area (Å²) in [4.78, 5) is 47.0. The van der Waals surface area contributed by atoms with Crippen LogP contribution in [0.3, 0.4) is 0 Å². The highest BCUT2D eigenvalue weighted by molar-refractivity contribution is 5.99. The van der Waals surface area contributed by atoms with E-state index in [1.807, 2.05) is 13.8 Å². The van der Waals surface area contributed by atoms with E-state index >= 15 is 0 Å². The van der Waals surface area contributed by atoms with Crippen LogP contribution in [0.5, 0.6) is 5.75 Å². The molecule has 3 aliphatic rings. The van der Waals surface area contributed by atoms with Crippen molar-refractivity contribution in [3.05, 3.63) is 63.1 Å². The molecule has 11 heteroatoms. The minimum absolute atomic E-state index is 0.0664. The molecule has 5 rings (SSSR count). The fourth-order valence-electron chi connectivity index (χ4n) is 5.59. The lowest BCUT2D eigenvalue weighted by atomic mass is 9.88. The van der Waals surface area contributed by atoms with Crippen molar-refractivity contribution in [3.63, 3.8) is 0 Å². The van der Waals surface area contributed by atoms with Gasteiger partial charge in [-0.1, -0.05) is 19.4 Å². The fourth-order valence-corrected chi connectivity index (χ4v) is 5.59. The summed E-state index contributed by atoms with van der Waals surface area (Å²) in [6.07, 6.45) is 4.16. The lowest BCUT2D eigenvalue weighted by molar-refractivity contribution is 0.0101. The maximum absolute atomic E-state index is 14.2. The van der Waals surface area contributed by atoms with Gasteiger partial charge in [0.1, 0.15) is 17.2 Å². The number of pyridine rings is 1. The first-order chi connectivity index (χ1) is 18.6. The molecule has 1 fully saturated rings. The molecule has 0 radical (unpaired) electrons. The van der Waals surface area contributed by atoms with Crippen molar-refractivity contribution in [1.29, 1.82) is 0 Å². The Balaban J connectivity index is 1.59. The van der Waals surface area contributed by atoms with Crippen molar-refractivity contribution < 1.29 is 27.8 Å². The Morgan fingerprint density at radius 2 is 2.10 bits per heavy atom. The van der Waals surface area contributed by atoms with E-state index in [0.29, 0.717) is 38.2 Å². The van der Waals surface area contributed by atoms with Crippen LogP contribution in [-0.4, -0.2) is 58.5 Å². The van der Waals surface area contributed by atoms with Crippen LogP contribution in [-0.2, 0) is 11.3 Å². The van der Waals surface area contributed by atoms with E-state index in [2.05, 4.69) is 10.3 Å². The third kappa shape index (κ3) is 4.79. The summed E-state index contributed by atoms with van der Waals surface area (Å²) in [5.74, 6) is -2.27. The van der Waals surface area contributed by atoms with Gasteiger partial charge in [0.15, 0.2) is 22.9 Å². The molecule has 9 nitrogen and oxygen atoms in total. The molecule has 1 saturated heterocycles. The number of halogens is 2. The smallest absolute Gasteiger partial charge is 0.274 e. The van der Waals surface area contributed by atoms with Gasteiger partial charge in [-0.3, -0.25) is 19.4 Å². The molecular weight excluding hydrogens is 510 g/mol. The van der Waals surface area contributed by atoms with Gasteiger partial charge in [0.25, 0.3) is 11.8 Å². The average molecular weight is 543 g/mol. The summed E-state index contributed by atoms with van der Waals surface area (Å²) in [6.45, 7) is 6.39. The molecule has 1 aromatic heterocycles. The third-order valence-corrected chi connectivity index (χ3v) is 7.85. The number of hydrogen-bond acceptors (Lipinski definition) is 6. The van der Waals surface area contributed by atoms with E-state index in [1.165, 1.54) is 12.3 Å². The summed E-state index contributed by atoms with van der Waals surface area (Å²) in [5, 5.41) is 2.55. The Hall–Kier alpha value is -3.76. The molecule has 0 saturated carbocycles. The normalized spacial score (nSPS) is 23.7. The predicted molar refractivity (Wildman–Crippen MR) is 139 cm³/mol. The Morgan fingerprint density at radius 1 is 1.31 bits per heavy atom. The van der Waals surface area contributed by atoms with Crippen LogP contribution in [0.2, 0.25) is 0 Å². The zero-order chi connectivity index (χ0) is 27.9. The summed E-state index contributed by atoms with van der Waals surface area (Å²) >= 11 is 0. The number of aromatic nitrogens is 1. The number of nitrogens with zero attached hydrogens (tertiary/aromatic N) is 3. The quantitative estimate of drug-likeness (QED) is 0.539. The van der Waals surface area contributed by atoms with Crippen LogP contribution in [0.4, 0.5) is 8.78 Å². The van der Waals surface area contributed by atoms with Gasteiger partial charge in [0.2, 0.25) is 5.43 Å². The molecule has 1 unspecified atom stereocenters. The lowest BCUT2D eigenvalue weighted by Gasteiger charge is -2.42. The molecule has 1 N–H and O–H groups in total. The van der Waals surface area contributed by atoms with Gasteiger partial charge in [-0.25, -0.2) is 8.78 Å². The van der Waals surface area contributed by atoms with Gasteiger partial charge < -0.3 is 24.3 Å². The first-order valence-electron chi connectivity index (χ1n) is 13.3. The zero-order valence-electron chi connectivity index (χ0n) is 22.3. The number of carbonyl (C=O) groups is 2. The van der Waals surface area contributed by atoms with E-state index in [0.717, 1.165) is 18.6 Å². The number of rotatable bonds is 7. The number of carbonyl (C=O) groups excluding carboxylic acids is 2. The minimum atomic E-state index is -0.810. The number of benzene rings is 1. The molecule has 3 atom stereocenters. The number of aliphatic imine (C=N–C) groups is 1. The molecule has 2 aromatic rings. The maximum Gasteiger partial charge on any atom is 0.274 e. The van der Waals surface area contributed by atoms with Gasteiger partial charge >= 0.3 is 0 Å². The zero-order valence-corrected chi connectivity index (χ0v) is 22.3. The van der Waals surface area contributed by atoms with Crippen molar-refractivity contribution in [1.82, 2.24) is 14.8 Å². The molecule has 1 spiro atoms. The minimum Gasteiger partial charge on any atom is -0.487 e. The largest absolute Gasteiger partial charge is 0.487 e. The summed E-state index contributed by atoms with van der Waals surface area (Å²) in [7, 11) is 0. The molecule has 208 valence electrons. The van der Waals surface area contributed by atoms with Crippen LogP contribution in [0.15, 0.2) is 34.2 Å². The van der Waals surface area contributed by atoms with E-state index < -0.39 is 34.6 Å². The second-order valence-electron chi connectivity index (χ2n) is 10.4. The Morgan fingerprint density at radius 3 is 2.79 bits per heavy atom. The standard InChI is InChI=1S/C28H32F2N4O5/c1-4-5-10-38-25-23-27(37)33-14-22(28(9-8-16(33)2)15-32-17(3)39-28)34(23)13-20(24(25)35)26(36)31-12-18-6-7-19(29)11-21(18)30/h6-7,11,13,16,22H,4-5,8-10,12,14-15H2,1-3H3,(H,31,36)/t16-,22+,28?/m0/s1. The first-order valence-corrected chi connectivity index (χ1v) is 13.3. The summed E-state index contributed by atoms with van der Waals surface area (Å²) < 4.78 is 41.3. The van der Waals surface area contributed by atoms with Gasteiger partial charge in [-0.2, -0.15) is 0 Å². The van der Waals surface area contributed by atoms with Gasteiger partial charge in [-0.15, -0.1) is 0 Å². The molecule has 2 amide bonds. The predicted octanol–water partition coefficient (Wildman–Crippen LogP) is 3.60. The lowest BCUT2D eigenvalue weighted by Crippen LogP contribution is -2.53. The topological polar surface area (TPSA) is 102 Å². The fraction of sp³-hybridized carbons (Fsp3) is 0.500. The van der Waals surface area contributed by atoms with Crippen molar-refractivity contribution in [2.24, 2.45) is 4.99 Å². The Labute approximate surface area is 224 Å².